The summed E-state index contributed by atoms with van der Waals surface area (Å²) in [6.45, 7) is 1.89. The minimum Gasteiger partial charge on any atom is -0.464 e. The molecule has 3 N–H and O–H groups in total. The van der Waals surface area contributed by atoms with Crippen molar-refractivity contribution in [1.82, 2.24) is 4.72 Å². The Kier molecular flexibility index (Phi) is 2.63. The summed E-state index contributed by atoms with van der Waals surface area (Å²) in [5.74, 6) is 3.62. The van der Waals surface area contributed by atoms with Gasteiger partial charge < -0.3 is 10.2 Å². The summed E-state index contributed by atoms with van der Waals surface area (Å²) in [6, 6.07) is 1.70. The molecule has 1 aromatic rings. The van der Waals surface area contributed by atoms with E-state index in [0.717, 1.165) is 11.8 Å². The van der Waals surface area contributed by atoms with Crippen LogP contribution in [0.15, 0.2) is 15.4 Å². The lowest BCUT2D eigenvalue weighted by Crippen LogP contribution is -2.30. The molecule has 3 saturated carbocycles. The monoisotopic (exact) mass is 296 g/mol. The van der Waals surface area contributed by atoms with Gasteiger partial charge in [-0.25, -0.2) is 13.1 Å². The van der Waals surface area contributed by atoms with E-state index in [2.05, 4.69) is 4.72 Å². The predicted molar refractivity (Wildman–Crippen MR) is 73.3 cm³/mol. The van der Waals surface area contributed by atoms with Crippen LogP contribution in [0.4, 0.5) is 0 Å². The Hall–Kier alpha value is -0.850. The molecular formula is C14H20N2O3S. The van der Waals surface area contributed by atoms with Crippen LogP contribution in [0.5, 0.6) is 0 Å². The lowest BCUT2D eigenvalue weighted by Gasteiger charge is -2.10. The second-order valence-corrected chi connectivity index (χ2v) is 8.15. The zero-order valence-electron chi connectivity index (χ0n) is 11.5. The van der Waals surface area contributed by atoms with Gasteiger partial charge >= 0.3 is 0 Å². The zero-order chi connectivity index (χ0) is 14.1. The maximum absolute atomic E-state index is 12.5. The molecule has 2 bridgehead atoms. The van der Waals surface area contributed by atoms with E-state index >= 15 is 0 Å². The molecule has 0 radical (unpaired) electrons. The summed E-state index contributed by atoms with van der Waals surface area (Å²) < 4.78 is 33.2. The number of nitrogens with two attached hydrogens (primary N) is 1. The van der Waals surface area contributed by atoms with Crippen LogP contribution in [0.3, 0.4) is 0 Å². The Labute approximate surface area is 119 Å². The normalized spacial score (nSPS) is 38.2. The molecule has 6 heteroatoms. The Bertz CT molecular complexity index is 635. The molecule has 0 amide bonds. The van der Waals surface area contributed by atoms with Gasteiger partial charge in [0.05, 0.1) is 6.54 Å². The van der Waals surface area contributed by atoms with Crippen molar-refractivity contribution in [2.75, 3.05) is 0 Å². The Morgan fingerprint density at radius 2 is 2.00 bits per heavy atom. The molecule has 20 heavy (non-hydrogen) atoms. The molecule has 0 saturated heterocycles. The van der Waals surface area contributed by atoms with Gasteiger partial charge in [-0.3, -0.25) is 0 Å². The van der Waals surface area contributed by atoms with Crippen LogP contribution in [0.1, 0.15) is 30.8 Å². The molecule has 4 unspecified atom stereocenters. The average Bonchev–Trinajstić information content (AvgIpc) is 2.81. The van der Waals surface area contributed by atoms with Crippen LogP contribution in [0.2, 0.25) is 0 Å². The second kappa shape index (κ2) is 4.08. The summed E-state index contributed by atoms with van der Waals surface area (Å²) in [7, 11) is -3.48. The molecule has 0 aromatic carbocycles. The van der Waals surface area contributed by atoms with E-state index in [0.29, 0.717) is 23.4 Å². The average molecular weight is 296 g/mol. The highest BCUT2D eigenvalue weighted by Crippen LogP contribution is 2.65. The second-order valence-electron chi connectivity index (χ2n) is 6.47. The van der Waals surface area contributed by atoms with E-state index in [-0.39, 0.29) is 17.5 Å². The number of aryl methyl sites for hydroxylation is 1. The van der Waals surface area contributed by atoms with Gasteiger partial charge in [0, 0.05) is 12.1 Å². The third kappa shape index (κ3) is 1.71. The molecule has 4 atom stereocenters. The van der Waals surface area contributed by atoms with Crippen LogP contribution in [-0.4, -0.2) is 14.5 Å². The van der Waals surface area contributed by atoms with Crippen molar-refractivity contribution in [3.63, 3.8) is 0 Å². The van der Waals surface area contributed by atoms with Crippen molar-refractivity contribution < 1.29 is 12.8 Å². The molecular weight excluding hydrogens is 276 g/mol. The first-order chi connectivity index (χ1) is 9.51. The minimum atomic E-state index is -3.48. The number of nitrogens with one attached hydrogen (secondary N) is 1. The van der Waals surface area contributed by atoms with Crippen molar-refractivity contribution >= 4 is 10.0 Å². The highest BCUT2D eigenvalue weighted by atomic mass is 32.2. The summed E-state index contributed by atoms with van der Waals surface area (Å²) >= 11 is 0. The first kappa shape index (κ1) is 12.9. The fourth-order valence-electron chi connectivity index (χ4n) is 4.62. The lowest BCUT2D eigenvalue weighted by atomic mass is 10.0. The molecule has 3 fully saturated rings. The highest BCUT2D eigenvalue weighted by molar-refractivity contribution is 7.89. The minimum absolute atomic E-state index is 0.155. The van der Waals surface area contributed by atoms with E-state index in [1.807, 2.05) is 0 Å². The molecule has 3 aliphatic rings. The van der Waals surface area contributed by atoms with E-state index < -0.39 is 10.0 Å². The largest absolute Gasteiger partial charge is 0.464 e. The third-order valence-electron chi connectivity index (χ3n) is 5.44. The molecule has 1 aromatic heterocycles. The first-order valence-corrected chi connectivity index (χ1v) is 8.81. The van der Waals surface area contributed by atoms with Crippen LogP contribution < -0.4 is 10.5 Å². The van der Waals surface area contributed by atoms with Gasteiger partial charge in [0.2, 0.25) is 10.0 Å². The smallest absolute Gasteiger partial charge is 0.244 e. The number of furan rings is 1. The summed E-state index contributed by atoms with van der Waals surface area (Å²) in [5, 5.41) is 0. The van der Waals surface area contributed by atoms with Crippen molar-refractivity contribution in [2.45, 2.75) is 43.7 Å². The van der Waals surface area contributed by atoms with Gasteiger partial charge in [-0.2, -0.15) is 0 Å². The van der Waals surface area contributed by atoms with Gasteiger partial charge in [-0.05, 0) is 49.9 Å². The van der Waals surface area contributed by atoms with E-state index in [4.69, 9.17) is 10.2 Å². The Balaban J connectivity index is 1.55. The number of hydrogen-bond donors (Lipinski definition) is 2. The molecule has 0 aliphatic heterocycles. The van der Waals surface area contributed by atoms with Crippen molar-refractivity contribution in [3.05, 3.63) is 17.6 Å². The molecule has 110 valence electrons. The Morgan fingerprint density at radius 1 is 1.35 bits per heavy atom. The van der Waals surface area contributed by atoms with Crippen LogP contribution in [0.25, 0.3) is 0 Å². The fourth-order valence-corrected chi connectivity index (χ4v) is 6.12. The van der Waals surface area contributed by atoms with Crippen molar-refractivity contribution in [2.24, 2.45) is 29.4 Å². The maximum Gasteiger partial charge on any atom is 0.244 e. The quantitative estimate of drug-likeness (QED) is 0.878. The van der Waals surface area contributed by atoms with Gasteiger partial charge in [0.1, 0.15) is 16.4 Å². The van der Waals surface area contributed by atoms with Gasteiger partial charge in [-0.1, -0.05) is 0 Å². The summed E-state index contributed by atoms with van der Waals surface area (Å²) in [6.07, 6.45) is 3.88. The van der Waals surface area contributed by atoms with E-state index in [1.54, 1.807) is 13.0 Å². The molecule has 0 spiro atoms. The van der Waals surface area contributed by atoms with E-state index in [9.17, 15) is 8.42 Å². The SMILES string of the molecule is Cc1oc(CN)cc1S(=O)(=O)NC1C2C3CCC(C3)C12. The number of sulfonamides is 1. The molecule has 5 nitrogen and oxygen atoms in total. The zero-order valence-corrected chi connectivity index (χ0v) is 12.3. The Morgan fingerprint density at radius 3 is 2.55 bits per heavy atom. The predicted octanol–water partition coefficient (Wildman–Crippen LogP) is 1.37. The molecule has 1 heterocycles. The summed E-state index contributed by atoms with van der Waals surface area (Å²) in [5.41, 5.74) is 5.50. The molecule has 4 rings (SSSR count). The maximum atomic E-state index is 12.5. The van der Waals surface area contributed by atoms with Gasteiger partial charge in [-0.15, -0.1) is 0 Å². The summed E-state index contributed by atoms with van der Waals surface area (Å²) in [4.78, 5) is 0.246. The standard InChI is InChI=1S/C14H20N2O3S/c1-7-11(5-10(6-15)19-7)20(17,18)16-14-12-8-2-3-9(4-8)13(12)14/h5,8-9,12-14,16H,2-4,6,15H2,1H3. The number of rotatable bonds is 4. The van der Waals surface area contributed by atoms with Crippen LogP contribution in [-0.2, 0) is 16.6 Å². The first-order valence-electron chi connectivity index (χ1n) is 7.33. The van der Waals surface area contributed by atoms with E-state index in [1.165, 1.54) is 19.3 Å². The van der Waals surface area contributed by atoms with Crippen molar-refractivity contribution in [3.8, 4) is 0 Å². The number of fused-ring (bicyclic) bond motifs is 5. The van der Waals surface area contributed by atoms with Crippen LogP contribution >= 0.6 is 0 Å². The van der Waals surface area contributed by atoms with Crippen LogP contribution in [0, 0.1) is 30.6 Å². The fraction of sp³-hybridized carbons (Fsp3) is 0.714. The van der Waals surface area contributed by atoms with Gasteiger partial charge in [0.15, 0.2) is 0 Å². The van der Waals surface area contributed by atoms with Gasteiger partial charge in [0.25, 0.3) is 0 Å². The van der Waals surface area contributed by atoms with Crippen molar-refractivity contribution in [1.29, 1.82) is 0 Å². The topological polar surface area (TPSA) is 85.3 Å². The number of hydrogen-bond acceptors (Lipinski definition) is 4. The third-order valence-corrected chi connectivity index (χ3v) is 7.01. The molecule has 3 aliphatic carbocycles. The highest BCUT2D eigenvalue weighted by Gasteiger charge is 2.65. The lowest BCUT2D eigenvalue weighted by molar-refractivity contribution is 0.456.